The fraction of sp³-hybridized carbons (Fsp3) is 0.818. The van der Waals surface area contributed by atoms with Gasteiger partial charge in [0.05, 0.1) is 0 Å². The van der Waals surface area contributed by atoms with Crippen molar-refractivity contribution in [2.75, 3.05) is 25.9 Å². The van der Waals surface area contributed by atoms with Crippen LogP contribution in [0.15, 0.2) is 0 Å². The van der Waals surface area contributed by atoms with E-state index in [1.54, 1.807) is 6.92 Å². The van der Waals surface area contributed by atoms with Crippen LogP contribution >= 0.6 is 0 Å². The van der Waals surface area contributed by atoms with Crippen molar-refractivity contribution >= 4 is 22.8 Å². The smallest absolute Gasteiger partial charge is 0.406 e. The summed E-state index contributed by atoms with van der Waals surface area (Å²) in [5, 5.41) is 10.9. The van der Waals surface area contributed by atoms with Gasteiger partial charge in [0.25, 0.3) is 0 Å². The molecule has 2 amide bonds. The number of urea groups is 1. The van der Waals surface area contributed by atoms with Crippen LogP contribution in [0, 0.1) is 5.41 Å². The van der Waals surface area contributed by atoms with E-state index < -0.39 is 47.4 Å². The molecule has 6 nitrogen and oxygen atoms in total. The largest absolute Gasteiger partial charge is 0.481 e. The van der Waals surface area contributed by atoms with Crippen molar-refractivity contribution in [1.82, 2.24) is 10.2 Å². The molecule has 21 heavy (non-hydrogen) atoms. The van der Waals surface area contributed by atoms with Gasteiger partial charge >= 0.3 is 18.2 Å². The second-order valence-electron chi connectivity index (χ2n) is 5.05. The van der Waals surface area contributed by atoms with Crippen LogP contribution in [0.5, 0.6) is 0 Å². The maximum atomic E-state index is 12.9. The maximum Gasteiger partial charge on any atom is 0.406 e. The Bertz CT molecular complexity index is 457. The molecule has 1 rings (SSSR count). The van der Waals surface area contributed by atoms with Gasteiger partial charge in [-0.3, -0.25) is 9.00 Å². The molecule has 0 spiro atoms. The van der Waals surface area contributed by atoms with Crippen molar-refractivity contribution in [3.05, 3.63) is 0 Å². The third kappa shape index (κ3) is 3.66. The SMILES string of the molecule is CC(CNC(=O)N1CCC(C(=O)O)(C(F)(F)F)C1)S(C)=O. The summed E-state index contributed by atoms with van der Waals surface area (Å²) in [5.41, 5.74) is -2.91. The second-order valence-corrected chi connectivity index (χ2v) is 6.85. The minimum atomic E-state index is -4.92. The molecular formula is C11H17F3N2O4S. The Labute approximate surface area is 122 Å². The van der Waals surface area contributed by atoms with Crippen LogP contribution in [0.25, 0.3) is 0 Å². The molecule has 1 heterocycles. The van der Waals surface area contributed by atoms with Crippen molar-refractivity contribution in [1.29, 1.82) is 0 Å². The number of likely N-dealkylation sites (tertiary alicyclic amines) is 1. The predicted octanol–water partition coefficient (Wildman–Crippen LogP) is 0.802. The maximum absolute atomic E-state index is 12.9. The Kier molecular flexibility index (Phi) is 5.24. The molecule has 3 atom stereocenters. The number of nitrogens with one attached hydrogen (secondary N) is 1. The third-order valence-electron chi connectivity index (χ3n) is 3.62. The van der Waals surface area contributed by atoms with Crippen LogP contribution in [0.3, 0.4) is 0 Å². The molecule has 2 N–H and O–H groups in total. The third-order valence-corrected chi connectivity index (χ3v) is 4.92. The average molecular weight is 330 g/mol. The Balaban J connectivity index is 2.70. The average Bonchev–Trinajstić information content (AvgIpc) is 2.81. The number of carbonyl (C=O) groups is 2. The molecule has 0 radical (unpaired) electrons. The Morgan fingerprint density at radius 1 is 1.48 bits per heavy atom. The van der Waals surface area contributed by atoms with E-state index >= 15 is 0 Å². The van der Waals surface area contributed by atoms with Crippen LogP contribution in [0.1, 0.15) is 13.3 Å². The lowest BCUT2D eigenvalue weighted by Gasteiger charge is -2.27. The quantitative estimate of drug-likeness (QED) is 0.798. The van der Waals surface area contributed by atoms with E-state index in [9.17, 15) is 27.0 Å². The summed E-state index contributed by atoms with van der Waals surface area (Å²) in [7, 11) is -1.17. The highest BCUT2D eigenvalue weighted by Crippen LogP contribution is 2.45. The van der Waals surface area contributed by atoms with Crippen LogP contribution in [0.2, 0.25) is 0 Å². The van der Waals surface area contributed by atoms with Crippen molar-refractivity contribution in [2.24, 2.45) is 5.41 Å². The second kappa shape index (κ2) is 6.20. The van der Waals surface area contributed by atoms with Gasteiger partial charge in [-0.2, -0.15) is 13.2 Å². The van der Waals surface area contributed by atoms with Gasteiger partial charge in [0.2, 0.25) is 0 Å². The standard InChI is InChI=1S/C11H17F3N2O4S/c1-7(21(2)20)5-15-9(19)16-4-3-10(6-16,8(17)18)11(12,13)14/h7H,3-6H2,1-2H3,(H,15,19)(H,17,18). The Hall–Kier alpha value is -1.32. The summed E-state index contributed by atoms with van der Waals surface area (Å²) < 4.78 is 50.0. The number of aliphatic carboxylic acids is 1. The number of alkyl halides is 3. The molecule has 0 saturated carbocycles. The van der Waals surface area contributed by atoms with Gasteiger partial charge in [0.1, 0.15) is 0 Å². The first-order chi connectivity index (χ1) is 9.51. The molecule has 0 aromatic rings. The lowest BCUT2D eigenvalue weighted by atomic mass is 9.86. The van der Waals surface area contributed by atoms with E-state index in [0.717, 1.165) is 4.90 Å². The minimum Gasteiger partial charge on any atom is -0.481 e. The highest BCUT2D eigenvalue weighted by atomic mass is 32.2. The number of hydrogen-bond donors (Lipinski definition) is 2. The summed E-state index contributed by atoms with van der Waals surface area (Å²) in [6.45, 7) is 0.463. The first-order valence-electron chi connectivity index (χ1n) is 6.16. The predicted molar refractivity (Wildman–Crippen MR) is 69.2 cm³/mol. The number of carboxylic acid groups (broad SMARTS) is 1. The normalized spacial score (nSPS) is 25.5. The van der Waals surface area contributed by atoms with Crippen LogP contribution < -0.4 is 5.32 Å². The number of rotatable bonds is 4. The molecule has 1 fully saturated rings. The van der Waals surface area contributed by atoms with Crippen molar-refractivity contribution in [3.8, 4) is 0 Å². The van der Waals surface area contributed by atoms with Gasteiger partial charge in [-0.05, 0) is 13.3 Å². The highest BCUT2D eigenvalue weighted by molar-refractivity contribution is 7.84. The molecule has 1 saturated heterocycles. The number of carboxylic acids is 1. The zero-order chi connectivity index (χ0) is 16.4. The molecule has 10 heteroatoms. The zero-order valence-corrected chi connectivity index (χ0v) is 12.4. The monoisotopic (exact) mass is 330 g/mol. The molecule has 1 aliphatic rings. The fourth-order valence-electron chi connectivity index (χ4n) is 1.97. The fourth-order valence-corrected chi connectivity index (χ4v) is 2.29. The van der Waals surface area contributed by atoms with E-state index in [1.165, 1.54) is 6.26 Å². The lowest BCUT2D eigenvalue weighted by Crippen LogP contribution is -2.49. The molecule has 0 aromatic heterocycles. The summed E-state index contributed by atoms with van der Waals surface area (Å²) in [4.78, 5) is 23.6. The number of hydrogen-bond acceptors (Lipinski definition) is 3. The summed E-state index contributed by atoms with van der Waals surface area (Å²) in [5.74, 6) is -1.98. The molecule has 0 bridgehead atoms. The summed E-state index contributed by atoms with van der Waals surface area (Å²) in [6, 6.07) is -0.778. The van der Waals surface area contributed by atoms with Gasteiger partial charge in [-0.1, -0.05) is 0 Å². The first-order valence-corrected chi connectivity index (χ1v) is 7.78. The van der Waals surface area contributed by atoms with Gasteiger partial charge in [-0.25, -0.2) is 4.79 Å². The molecule has 0 aromatic carbocycles. The van der Waals surface area contributed by atoms with E-state index in [1.807, 2.05) is 0 Å². The molecular weight excluding hydrogens is 313 g/mol. The first kappa shape index (κ1) is 17.7. The molecule has 0 aliphatic carbocycles. The zero-order valence-electron chi connectivity index (χ0n) is 11.6. The summed E-state index contributed by atoms with van der Waals surface area (Å²) >= 11 is 0. The van der Waals surface area contributed by atoms with E-state index in [0.29, 0.717) is 0 Å². The van der Waals surface area contributed by atoms with Crippen molar-refractivity contribution < 1.29 is 32.1 Å². The summed E-state index contributed by atoms with van der Waals surface area (Å²) in [6.07, 6.45) is -4.15. The van der Waals surface area contributed by atoms with Gasteiger partial charge < -0.3 is 15.3 Å². The Morgan fingerprint density at radius 2 is 2.05 bits per heavy atom. The number of halogens is 3. The molecule has 1 aliphatic heterocycles. The van der Waals surface area contributed by atoms with Crippen LogP contribution in [-0.2, 0) is 15.6 Å². The highest BCUT2D eigenvalue weighted by Gasteiger charge is 2.64. The number of carbonyl (C=O) groups excluding carboxylic acids is 1. The van der Waals surface area contributed by atoms with Crippen LogP contribution in [-0.4, -0.2) is 63.5 Å². The van der Waals surface area contributed by atoms with E-state index in [2.05, 4.69) is 5.32 Å². The number of amides is 2. The van der Waals surface area contributed by atoms with Gasteiger partial charge in [0, 0.05) is 41.9 Å². The topological polar surface area (TPSA) is 86.7 Å². The molecule has 3 unspecified atom stereocenters. The lowest BCUT2D eigenvalue weighted by molar-refractivity contribution is -0.226. The van der Waals surface area contributed by atoms with Gasteiger partial charge in [-0.15, -0.1) is 0 Å². The van der Waals surface area contributed by atoms with Gasteiger partial charge in [0.15, 0.2) is 5.41 Å². The van der Waals surface area contributed by atoms with E-state index in [-0.39, 0.29) is 18.3 Å². The minimum absolute atomic E-state index is 0.0462. The van der Waals surface area contributed by atoms with E-state index in [4.69, 9.17) is 5.11 Å². The Morgan fingerprint density at radius 3 is 2.43 bits per heavy atom. The van der Waals surface area contributed by atoms with Crippen molar-refractivity contribution in [3.63, 3.8) is 0 Å². The van der Waals surface area contributed by atoms with Crippen molar-refractivity contribution in [2.45, 2.75) is 24.8 Å². The molecule has 122 valence electrons. The van der Waals surface area contributed by atoms with Crippen LogP contribution in [0.4, 0.5) is 18.0 Å². The number of nitrogens with zero attached hydrogens (tertiary/aromatic N) is 1.